The molecule has 0 saturated carbocycles. The van der Waals surface area contributed by atoms with Crippen molar-refractivity contribution in [1.29, 1.82) is 5.26 Å². The van der Waals surface area contributed by atoms with E-state index in [0.29, 0.717) is 18.8 Å². The van der Waals surface area contributed by atoms with E-state index in [0.717, 1.165) is 17.7 Å². The van der Waals surface area contributed by atoms with Crippen molar-refractivity contribution in [2.24, 2.45) is 11.1 Å². The van der Waals surface area contributed by atoms with E-state index >= 15 is 0 Å². The summed E-state index contributed by atoms with van der Waals surface area (Å²) in [6.07, 6.45) is 1.40. The van der Waals surface area contributed by atoms with Gasteiger partial charge in [0, 0.05) is 6.04 Å². The van der Waals surface area contributed by atoms with E-state index in [2.05, 4.69) is 6.07 Å². The lowest BCUT2D eigenvalue weighted by atomic mass is 9.92. The number of nitrogens with two attached hydrogens (primary N) is 1. The molecular formula is C16H24N2O2. The molecule has 1 unspecified atom stereocenters. The molecule has 110 valence electrons. The molecule has 1 rings (SSSR count). The van der Waals surface area contributed by atoms with Gasteiger partial charge in [0.1, 0.15) is 0 Å². The second-order valence-electron chi connectivity index (χ2n) is 5.72. The van der Waals surface area contributed by atoms with Gasteiger partial charge < -0.3 is 15.2 Å². The number of benzene rings is 1. The number of rotatable bonds is 7. The highest BCUT2D eigenvalue weighted by atomic mass is 16.5. The summed E-state index contributed by atoms with van der Waals surface area (Å²) >= 11 is 0. The van der Waals surface area contributed by atoms with Crippen LogP contribution in [-0.2, 0) is 6.42 Å². The fourth-order valence-corrected chi connectivity index (χ4v) is 1.86. The molecule has 1 atom stereocenters. The van der Waals surface area contributed by atoms with Crippen LogP contribution in [0.25, 0.3) is 0 Å². The zero-order chi connectivity index (χ0) is 15.2. The highest BCUT2D eigenvalue weighted by Crippen LogP contribution is 2.32. The van der Waals surface area contributed by atoms with Crippen molar-refractivity contribution < 1.29 is 9.47 Å². The first kappa shape index (κ1) is 16.3. The van der Waals surface area contributed by atoms with Gasteiger partial charge in [-0.15, -0.1) is 0 Å². The predicted molar refractivity (Wildman–Crippen MR) is 79.9 cm³/mol. The minimum Gasteiger partial charge on any atom is -0.493 e. The summed E-state index contributed by atoms with van der Waals surface area (Å²) in [4.78, 5) is 0. The normalized spacial score (nSPS) is 12.6. The lowest BCUT2D eigenvalue weighted by molar-refractivity contribution is 0.250. The number of nitriles is 1. The first-order valence-corrected chi connectivity index (χ1v) is 6.85. The van der Waals surface area contributed by atoms with Gasteiger partial charge in [0.05, 0.1) is 25.2 Å². The fraction of sp³-hybridized carbons (Fsp3) is 0.562. The number of hydrogen-bond acceptors (Lipinski definition) is 4. The van der Waals surface area contributed by atoms with Gasteiger partial charge in [-0.2, -0.15) is 5.26 Å². The quantitative estimate of drug-likeness (QED) is 0.831. The van der Waals surface area contributed by atoms with E-state index < -0.39 is 0 Å². The lowest BCUT2D eigenvalue weighted by Crippen LogP contribution is -2.19. The molecule has 0 amide bonds. The van der Waals surface area contributed by atoms with E-state index in [9.17, 15) is 0 Å². The molecule has 20 heavy (non-hydrogen) atoms. The van der Waals surface area contributed by atoms with Gasteiger partial charge in [-0.1, -0.05) is 12.1 Å². The maximum absolute atomic E-state index is 9.02. The predicted octanol–water partition coefficient (Wildman–Crippen LogP) is 2.90. The van der Waals surface area contributed by atoms with Crippen molar-refractivity contribution >= 4 is 0 Å². The molecule has 1 aromatic carbocycles. The molecule has 2 N–H and O–H groups in total. The van der Waals surface area contributed by atoms with Crippen molar-refractivity contribution in [3.05, 3.63) is 23.8 Å². The van der Waals surface area contributed by atoms with Crippen molar-refractivity contribution in [1.82, 2.24) is 0 Å². The van der Waals surface area contributed by atoms with Gasteiger partial charge in [-0.3, -0.25) is 0 Å². The average Bonchev–Trinajstić information content (AvgIpc) is 2.39. The van der Waals surface area contributed by atoms with Crippen LogP contribution in [0, 0.1) is 16.7 Å². The monoisotopic (exact) mass is 276 g/mol. The third kappa shape index (κ3) is 4.75. The van der Waals surface area contributed by atoms with Crippen LogP contribution in [0.4, 0.5) is 0 Å². The van der Waals surface area contributed by atoms with Gasteiger partial charge >= 0.3 is 0 Å². The molecule has 0 heterocycles. The molecule has 0 bridgehead atoms. The molecule has 0 aliphatic heterocycles. The summed E-state index contributed by atoms with van der Waals surface area (Å²) in [6.45, 7) is 6.25. The number of nitrogens with zero attached hydrogens (tertiary/aromatic N) is 1. The first-order valence-electron chi connectivity index (χ1n) is 6.85. The Hall–Kier alpha value is -1.73. The highest BCUT2D eigenvalue weighted by molar-refractivity contribution is 5.47. The Morgan fingerprint density at radius 3 is 2.65 bits per heavy atom. The SMILES string of the molecule is COc1cccc(CC(C)N)c1OCCC(C)(C)C#N. The second-order valence-corrected chi connectivity index (χ2v) is 5.72. The molecule has 0 saturated heterocycles. The van der Waals surface area contributed by atoms with E-state index in [1.807, 2.05) is 39.0 Å². The summed E-state index contributed by atoms with van der Waals surface area (Å²) in [5.41, 5.74) is 6.52. The van der Waals surface area contributed by atoms with Crippen LogP contribution in [0.3, 0.4) is 0 Å². The molecule has 4 heteroatoms. The molecule has 0 aromatic heterocycles. The standard InChI is InChI=1S/C16H24N2O2/c1-12(18)10-13-6-5-7-14(19-4)15(13)20-9-8-16(2,3)11-17/h5-7,12H,8-10,18H2,1-4H3. The zero-order valence-corrected chi connectivity index (χ0v) is 12.8. The maximum atomic E-state index is 9.02. The van der Waals surface area contributed by atoms with Crippen molar-refractivity contribution in [2.45, 2.75) is 39.7 Å². The largest absolute Gasteiger partial charge is 0.493 e. The van der Waals surface area contributed by atoms with E-state index in [1.54, 1.807) is 7.11 Å². The highest BCUT2D eigenvalue weighted by Gasteiger charge is 2.18. The van der Waals surface area contributed by atoms with Gasteiger partial charge in [0.15, 0.2) is 11.5 Å². The van der Waals surface area contributed by atoms with Crippen LogP contribution in [0.15, 0.2) is 18.2 Å². The first-order chi connectivity index (χ1) is 9.39. The summed E-state index contributed by atoms with van der Waals surface area (Å²) < 4.78 is 11.2. The van der Waals surface area contributed by atoms with Crippen LogP contribution in [-0.4, -0.2) is 19.8 Å². The minimum absolute atomic E-state index is 0.0556. The number of hydrogen-bond donors (Lipinski definition) is 1. The van der Waals surface area contributed by atoms with Crippen molar-refractivity contribution in [3.8, 4) is 17.6 Å². The summed E-state index contributed by atoms with van der Waals surface area (Å²) in [6, 6.07) is 8.13. The van der Waals surface area contributed by atoms with E-state index in [-0.39, 0.29) is 11.5 Å². The Kier molecular flexibility index (Phi) is 5.84. The zero-order valence-electron chi connectivity index (χ0n) is 12.8. The third-order valence-electron chi connectivity index (χ3n) is 3.10. The Labute approximate surface area is 121 Å². The van der Waals surface area contributed by atoms with E-state index in [4.69, 9.17) is 20.5 Å². The molecule has 1 aromatic rings. The van der Waals surface area contributed by atoms with Crippen LogP contribution in [0.5, 0.6) is 11.5 Å². The third-order valence-corrected chi connectivity index (χ3v) is 3.10. The van der Waals surface area contributed by atoms with Crippen LogP contribution in [0.2, 0.25) is 0 Å². The summed E-state index contributed by atoms with van der Waals surface area (Å²) in [5, 5.41) is 9.02. The van der Waals surface area contributed by atoms with Gasteiger partial charge in [-0.05, 0) is 45.2 Å². The van der Waals surface area contributed by atoms with Crippen molar-refractivity contribution in [3.63, 3.8) is 0 Å². The molecule has 0 spiro atoms. The second kappa shape index (κ2) is 7.16. The lowest BCUT2D eigenvalue weighted by Gasteiger charge is -2.19. The Bertz CT molecular complexity index is 476. The van der Waals surface area contributed by atoms with Gasteiger partial charge in [0.25, 0.3) is 0 Å². The summed E-state index contributed by atoms with van der Waals surface area (Å²) in [5.74, 6) is 1.44. The Balaban J connectivity index is 2.83. The average molecular weight is 276 g/mol. The topological polar surface area (TPSA) is 68.3 Å². The van der Waals surface area contributed by atoms with E-state index in [1.165, 1.54) is 0 Å². The van der Waals surface area contributed by atoms with Crippen LogP contribution < -0.4 is 15.2 Å². The smallest absolute Gasteiger partial charge is 0.164 e. The Morgan fingerprint density at radius 2 is 2.10 bits per heavy atom. The molecule has 0 fully saturated rings. The molecule has 0 aliphatic rings. The number of ether oxygens (including phenoxy) is 2. The van der Waals surface area contributed by atoms with Crippen LogP contribution >= 0.6 is 0 Å². The van der Waals surface area contributed by atoms with Gasteiger partial charge in [0.2, 0.25) is 0 Å². The molecule has 0 radical (unpaired) electrons. The van der Waals surface area contributed by atoms with Crippen molar-refractivity contribution in [2.75, 3.05) is 13.7 Å². The molecule has 0 aliphatic carbocycles. The molecular weight excluding hydrogens is 252 g/mol. The number of para-hydroxylation sites is 1. The Morgan fingerprint density at radius 1 is 1.40 bits per heavy atom. The molecule has 4 nitrogen and oxygen atoms in total. The fourth-order valence-electron chi connectivity index (χ4n) is 1.86. The minimum atomic E-state index is -0.386. The van der Waals surface area contributed by atoms with Gasteiger partial charge in [-0.25, -0.2) is 0 Å². The maximum Gasteiger partial charge on any atom is 0.164 e. The summed E-state index contributed by atoms with van der Waals surface area (Å²) in [7, 11) is 1.62. The van der Waals surface area contributed by atoms with Crippen LogP contribution in [0.1, 0.15) is 32.8 Å². The number of methoxy groups -OCH3 is 1.